The number of tetrazole rings is 1. The van der Waals surface area contributed by atoms with E-state index < -0.39 is 5.97 Å². The summed E-state index contributed by atoms with van der Waals surface area (Å²) in [5.41, 5.74) is 2.57. The lowest BCUT2D eigenvalue weighted by molar-refractivity contribution is -0.138. The fraction of sp³-hybridized carbons (Fsp3) is 0.406. The minimum atomic E-state index is -0.447. The SMILES string of the molecule is CCCCc1ncc(/C=C(\Cc2cc3c(cc2OC)OCO3)C(=O)OCC)n1-c1ccc(OC)cc1OCc1nnnn1CC. The van der Waals surface area contributed by atoms with Crippen molar-refractivity contribution >= 4 is 12.0 Å². The van der Waals surface area contributed by atoms with Crippen molar-refractivity contribution in [2.45, 2.75) is 59.6 Å². The molecule has 1 aliphatic heterocycles. The largest absolute Gasteiger partial charge is 0.497 e. The Morgan fingerprint density at radius 3 is 2.58 bits per heavy atom. The molecular formula is C32H38N6O7. The molecule has 0 saturated carbocycles. The Labute approximate surface area is 261 Å². The molecule has 0 fully saturated rings. The lowest BCUT2D eigenvalue weighted by Gasteiger charge is -2.17. The molecule has 1 aliphatic rings. The van der Waals surface area contributed by atoms with Gasteiger partial charge in [-0.15, -0.1) is 5.10 Å². The molecule has 0 N–H and O–H groups in total. The van der Waals surface area contributed by atoms with E-state index in [4.69, 9.17) is 33.4 Å². The molecule has 0 saturated heterocycles. The maximum atomic E-state index is 13.4. The molecule has 13 nitrogen and oxygen atoms in total. The van der Waals surface area contributed by atoms with Crippen LogP contribution in [-0.4, -0.2) is 63.3 Å². The highest BCUT2D eigenvalue weighted by atomic mass is 16.7. The van der Waals surface area contributed by atoms with Crippen molar-refractivity contribution in [3.05, 3.63) is 65.0 Å². The van der Waals surface area contributed by atoms with Crippen molar-refractivity contribution in [1.82, 2.24) is 29.8 Å². The number of hydrogen-bond donors (Lipinski definition) is 0. The molecule has 0 bridgehead atoms. The molecule has 0 radical (unpaired) electrons. The van der Waals surface area contributed by atoms with Gasteiger partial charge >= 0.3 is 5.97 Å². The lowest BCUT2D eigenvalue weighted by Crippen LogP contribution is -2.12. The van der Waals surface area contributed by atoms with Crippen LogP contribution in [0.1, 0.15) is 56.5 Å². The molecule has 0 atom stereocenters. The minimum Gasteiger partial charge on any atom is -0.497 e. The number of nitrogens with zero attached hydrogens (tertiary/aromatic N) is 6. The number of unbranched alkanes of at least 4 members (excludes halogenated alkanes) is 1. The van der Waals surface area contributed by atoms with E-state index in [0.29, 0.717) is 58.8 Å². The first-order valence-electron chi connectivity index (χ1n) is 15.0. The van der Waals surface area contributed by atoms with Crippen molar-refractivity contribution < 1.29 is 33.2 Å². The molecule has 4 aromatic rings. The van der Waals surface area contributed by atoms with Crippen LogP contribution >= 0.6 is 0 Å². The highest BCUT2D eigenvalue weighted by Crippen LogP contribution is 2.39. The highest BCUT2D eigenvalue weighted by Gasteiger charge is 2.23. The van der Waals surface area contributed by atoms with E-state index in [1.807, 2.05) is 35.8 Å². The number of fused-ring (bicyclic) bond motifs is 1. The number of methoxy groups -OCH3 is 2. The third-order valence-electron chi connectivity index (χ3n) is 7.30. The average Bonchev–Trinajstić information content (AvgIpc) is 3.81. The van der Waals surface area contributed by atoms with Crippen LogP contribution in [0.3, 0.4) is 0 Å². The van der Waals surface area contributed by atoms with E-state index >= 15 is 0 Å². The second kappa shape index (κ2) is 14.6. The van der Waals surface area contributed by atoms with Crippen LogP contribution in [0.2, 0.25) is 0 Å². The van der Waals surface area contributed by atoms with Crippen molar-refractivity contribution in [3.8, 4) is 34.4 Å². The Hall–Kier alpha value is -5.07. The second-order valence-corrected chi connectivity index (χ2v) is 10.2. The van der Waals surface area contributed by atoms with Gasteiger partial charge in [-0.2, -0.15) is 0 Å². The van der Waals surface area contributed by atoms with Gasteiger partial charge in [-0.3, -0.25) is 4.57 Å². The first kappa shape index (κ1) is 31.4. The summed E-state index contributed by atoms with van der Waals surface area (Å²) in [5, 5.41) is 11.9. The molecule has 3 heterocycles. The van der Waals surface area contributed by atoms with Gasteiger partial charge in [0.1, 0.15) is 29.7 Å². The summed E-state index contributed by atoms with van der Waals surface area (Å²) in [7, 11) is 3.18. The van der Waals surface area contributed by atoms with E-state index in [1.54, 1.807) is 44.2 Å². The predicted octanol–water partition coefficient (Wildman–Crippen LogP) is 4.74. The van der Waals surface area contributed by atoms with E-state index in [1.165, 1.54) is 0 Å². The van der Waals surface area contributed by atoms with Crippen molar-refractivity contribution in [2.75, 3.05) is 27.6 Å². The predicted molar refractivity (Wildman–Crippen MR) is 164 cm³/mol. The van der Waals surface area contributed by atoms with Crippen LogP contribution in [-0.2, 0) is 35.5 Å². The van der Waals surface area contributed by atoms with Gasteiger partial charge in [0.15, 0.2) is 17.3 Å². The third-order valence-corrected chi connectivity index (χ3v) is 7.30. The summed E-state index contributed by atoms with van der Waals surface area (Å²) in [6.07, 6.45) is 6.41. The Morgan fingerprint density at radius 1 is 1.02 bits per heavy atom. The van der Waals surface area contributed by atoms with Gasteiger partial charge in [0.05, 0.1) is 38.4 Å². The number of aromatic nitrogens is 6. The van der Waals surface area contributed by atoms with Crippen LogP contribution in [0, 0.1) is 0 Å². The fourth-order valence-electron chi connectivity index (χ4n) is 5.02. The van der Waals surface area contributed by atoms with E-state index in [0.717, 1.165) is 29.9 Å². The van der Waals surface area contributed by atoms with Crippen molar-refractivity contribution in [1.29, 1.82) is 0 Å². The molecule has 13 heteroatoms. The molecule has 0 amide bonds. The number of carbonyl (C=O) groups is 1. The van der Waals surface area contributed by atoms with Crippen molar-refractivity contribution in [3.63, 3.8) is 0 Å². The van der Waals surface area contributed by atoms with Crippen LogP contribution in [0.25, 0.3) is 11.8 Å². The summed E-state index contributed by atoms with van der Waals surface area (Å²) in [5.74, 6) is 3.89. The summed E-state index contributed by atoms with van der Waals surface area (Å²) >= 11 is 0. The number of rotatable bonds is 15. The smallest absolute Gasteiger partial charge is 0.334 e. The summed E-state index contributed by atoms with van der Waals surface area (Å²) in [6.45, 7) is 6.97. The number of carbonyl (C=O) groups excluding carboxylic acids is 1. The minimum absolute atomic E-state index is 0.127. The molecule has 0 unspecified atom stereocenters. The Morgan fingerprint density at radius 2 is 1.84 bits per heavy atom. The number of esters is 1. The number of benzene rings is 2. The molecular weight excluding hydrogens is 580 g/mol. The van der Waals surface area contributed by atoms with Gasteiger partial charge in [-0.1, -0.05) is 13.3 Å². The third kappa shape index (κ3) is 7.03. The van der Waals surface area contributed by atoms with E-state index in [-0.39, 0.29) is 26.4 Å². The van der Waals surface area contributed by atoms with Gasteiger partial charge in [-0.25, -0.2) is 14.5 Å². The Balaban J connectivity index is 1.60. The molecule has 0 aliphatic carbocycles. The zero-order valence-corrected chi connectivity index (χ0v) is 26.2. The van der Waals surface area contributed by atoms with Crippen LogP contribution < -0.4 is 23.7 Å². The number of hydrogen-bond acceptors (Lipinski definition) is 11. The molecule has 0 spiro atoms. The van der Waals surface area contributed by atoms with Gasteiger partial charge in [0.25, 0.3) is 0 Å². The Kier molecular flexibility index (Phi) is 10.2. The molecule has 238 valence electrons. The number of ether oxygens (including phenoxy) is 6. The average molecular weight is 619 g/mol. The first-order chi connectivity index (χ1) is 22.0. The normalized spacial score (nSPS) is 12.3. The maximum absolute atomic E-state index is 13.4. The number of imidazole rings is 1. The highest BCUT2D eigenvalue weighted by molar-refractivity contribution is 5.94. The summed E-state index contributed by atoms with van der Waals surface area (Å²) < 4.78 is 37.8. The van der Waals surface area contributed by atoms with E-state index in [9.17, 15) is 4.79 Å². The van der Waals surface area contributed by atoms with E-state index in [2.05, 4.69) is 22.4 Å². The van der Waals surface area contributed by atoms with Crippen LogP contribution in [0.15, 0.2) is 42.1 Å². The second-order valence-electron chi connectivity index (χ2n) is 10.2. The summed E-state index contributed by atoms with van der Waals surface area (Å²) in [4.78, 5) is 18.2. The zero-order valence-electron chi connectivity index (χ0n) is 26.2. The van der Waals surface area contributed by atoms with Gasteiger partial charge in [0.2, 0.25) is 6.79 Å². The lowest BCUT2D eigenvalue weighted by atomic mass is 10.0. The van der Waals surface area contributed by atoms with Gasteiger partial charge in [0, 0.05) is 42.7 Å². The zero-order chi connectivity index (χ0) is 31.8. The quantitative estimate of drug-likeness (QED) is 0.135. The molecule has 5 rings (SSSR count). The number of aryl methyl sites for hydroxylation is 2. The van der Waals surface area contributed by atoms with Crippen LogP contribution in [0.5, 0.6) is 28.7 Å². The maximum Gasteiger partial charge on any atom is 0.334 e. The topological polar surface area (TPSA) is 134 Å². The molecule has 45 heavy (non-hydrogen) atoms. The first-order valence-corrected chi connectivity index (χ1v) is 15.0. The summed E-state index contributed by atoms with van der Waals surface area (Å²) in [6, 6.07) is 9.19. The van der Waals surface area contributed by atoms with Crippen LogP contribution in [0.4, 0.5) is 0 Å². The van der Waals surface area contributed by atoms with Gasteiger partial charge in [-0.05, 0) is 55.0 Å². The molecule has 2 aromatic carbocycles. The van der Waals surface area contributed by atoms with Gasteiger partial charge < -0.3 is 28.4 Å². The fourth-order valence-corrected chi connectivity index (χ4v) is 5.02. The molecule has 2 aromatic heterocycles. The van der Waals surface area contributed by atoms with Crippen molar-refractivity contribution in [2.24, 2.45) is 0 Å². The standard InChI is InChI=1S/C32H38N6O7/c1-6-9-10-30-33-18-23(14-22(32(39)42-8-3)13-21-15-28-29(45-20-44-28)17-26(21)41-5)38(30)25-12-11-24(40-4)16-27(25)43-19-31-34-35-36-37(31)7-2/h11-12,14-18H,6-10,13,19-20H2,1-5H3/b22-14+. The monoisotopic (exact) mass is 618 g/mol. The Bertz CT molecular complexity index is 1660.